The van der Waals surface area contributed by atoms with Gasteiger partial charge in [-0.2, -0.15) is 0 Å². The van der Waals surface area contributed by atoms with Gasteiger partial charge in [-0.15, -0.1) is 0 Å². The number of aromatic hydroxyl groups is 1. The molecular formula is C17H19N3O. The lowest BCUT2D eigenvalue weighted by molar-refractivity contribution is 0.458. The molecule has 0 saturated carbocycles. The molecule has 1 heterocycles. The standard InChI is InChI=1S/C17H19N3O/c1-11-7-8-16(21)13(9-11)10-18-12(2)17-19-14-5-3-4-6-15(14)20-17/h3-9,12,18,21H,10H2,1-2H3,(H,19,20). The predicted octanol–water partition coefficient (Wildman–Crippen LogP) is 3.43. The molecule has 2 aromatic carbocycles. The highest BCUT2D eigenvalue weighted by atomic mass is 16.3. The summed E-state index contributed by atoms with van der Waals surface area (Å²) in [7, 11) is 0. The van der Waals surface area contributed by atoms with Gasteiger partial charge >= 0.3 is 0 Å². The molecule has 0 radical (unpaired) electrons. The number of nitrogens with zero attached hydrogens (tertiary/aromatic N) is 1. The van der Waals surface area contributed by atoms with Gasteiger partial charge < -0.3 is 15.4 Å². The number of benzene rings is 2. The number of rotatable bonds is 4. The Kier molecular flexibility index (Phi) is 3.62. The maximum Gasteiger partial charge on any atom is 0.124 e. The van der Waals surface area contributed by atoms with Gasteiger partial charge in [-0.05, 0) is 32.0 Å². The number of fused-ring (bicyclic) bond motifs is 1. The predicted molar refractivity (Wildman–Crippen MR) is 84.2 cm³/mol. The lowest BCUT2D eigenvalue weighted by Gasteiger charge is -2.12. The molecule has 0 spiro atoms. The maximum atomic E-state index is 9.87. The summed E-state index contributed by atoms with van der Waals surface area (Å²) in [6, 6.07) is 13.7. The molecule has 3 aromatic rings. The first kappa shape index (κ1) is 13.6. The molecule has 0 aliphatic carbocycles. The minimum Gasteiger partial charge on any atom is -0.508 e. The Labute approximate surface area is 123 Å². The number of hydrogen-bond acceptors (Lipinski definition) is 3. The zero-order chi connectivity index (χ0) is 14.8. The van der Waals surface area contributed by atoms with E-state index in [1.165, 1.54) is 0 Å². The molecule has 1 atom stereocenters. The lowest BCUT2D eigenvalue weighted by atomic mass is 10.1. The van der Waals surface area contributed by atoms with Gasteiger partial charge in [0.1, 0.15) is 11.6 Å². The summed E-state index contributed by atoms with van der Waals surface area (Å²) in [5, 5.41) is 13.3. The Morgan fingerprint density at radius 1 is 1.24 bits per heavy atom. The van der Waals surface area contributed by atoms with Crippen LogP contribution in [0.25, 0.3) is 11.0 Å². The van der Waals surface area contributed by atoms with Gasteiger partial charge in [-0.3, -0.25) is 0 Å². The van der Waals surface area contributed by atoms with Crippen molar-refractivity contribution in [3.8, 4) is 5.75 Å². The third kappa shape index (κ3) is 2.90. The smallest absolute Gasteiger partial charge is 0.124 e. The summed E-state index contributed by atoms with van der Waals surface area (Å²) in [6.45, 7) is 4.68. The molecule has 3 N–H and O–H groups in total. The fraction of sp³-hybridized carbons (Fsp3) is 0.235. The number of phenolic OH excluding ortho intramolecular Hbond substituents is 1. The summed E-state index contributed by atoms with van der Waals surface area (Å²) in [5.74, 6) is 1.23. The van der Waals surface area contributed by atoms with Gasteiger partial charge in [-0.25, -0.2) is 4.98 Å². The number of hydrogen-bond donors (Lipinski definition) is 3. The molecule has 1 aromatic heterocycles. The highest BCUT2D eigenvalue weighted by Crippen LogP contribution is 2.20. The van der Waals surface area contributed by atoms with Crippen LogP contribution in [0.5, 0.6) is 5.75 Å². The number of H-pyrrole nitrogens is 1. The van der Waals surface area contributed by atoms with E-state index in [-0.39, 0.29) is 6.04 Å². The molecule has 0 bridgehead atoms. The van der Waals surface area contributed by atoms with Crippen molar-refractivity contribution in [1.29, 1.82) is 0 Å². The molecule has 3 rings (SSSR count). The summed E-state index contributed by atoms with van der Waals surface area (Å²) >= 11 is 0. The fourth-order valence-electron chi connectivity index (χ4n) is 2.39. The molecule has 1 unspecified atom stereocenters. The number of aryl methyl sites for hydroxylation is 1. The van der Waals surface area contributed by atoms with Crippen LogP contribution >= 0.6 is 0 Å². The zero-order valence-electron chi connectivity index (χ0n) is 12.2. The van der Waals surface area contributed by atoms with Crippen LogP contribution in [0.4, 0.5) is 0 Å². The largest absolute Gasteiger partial charge is 0.508 e. The van der Waals surface area contributed by atoms with Crippen LogP contribution in [0, 0.1) is 6.92 Å². The molecule has 108 valence electrons. The third-order valence-electron chi connectivity index (χ3n) is 3.65. The van der Waals surface area contributed by atoms with Gasteiger partial charge in [0, 0.05) is 12.1 Å². The molecule has 0 saturated heterocycles. The number of aromatic nitrogens is 2. The van der Waals surface area contributed by atoms with Crippen LogP contribution in [0.3, 0.4) is 0 Å². The van der Waals surface area contributed by atoms with Crippen molar-refractivity contribution >= 4 is 11.0 Å². The van der Waals surface area contributed by atoms with Gasteiger partial charge in [0.05, 0.1) is 17.1 Å². The van der Waals surface area contributed by atoms with Crippen molar-refractivity contribution in [3.05, 3.63) is 59.4 Å². The monoisotopic (exact) mass is 281 g/mol. The van der Waals surface area contributed by atoms with Crippen molar-refractivity contribution in [2.24, 2.45) is 0 Å². The second-order valence-electron chi connectivity index (χ2n) is 5.37. The first-order valence-electron chi connectivity index (χ1n) is 7.10. The molecule has 21 heavy (non-hydrogen) atoms. The van der Waals surface area contributed by atoms with Crippen LogP contribution in [-0.4, -0.2) is 15.1 Å². The lowest BCUT2D eigenvalue weighted by Crippen LogP contribution is -2.19. The van der Waals surface area contributed by atoms with E-state index in [0.717, 1.165) is 28.0 Å². The number of phenols is 1. The second kappa shape index (κ2) is 5.58. The third-order valence-corrected chi connectivity index (χ3v) is 3.65. The minimum absolute atomic E-state index is 0.0808. The van der Waals surface area contributed by atoms with Crippen LogP contribution in [0.2, 0.25) is 0 Å². The molecular weight excluding hydrogens is 262 g/mol. The Hall–Kier alpha value is -2.33. The zero-order valence-corrected chi connectivity index (χ0v) is 12.2. The molecule has 4 nitrogen and oxygen atoms in total. The minimum atomic E-state index is 0.0808. The Balaban J connectivity index is 1.74. The average Bonchev–Trinajstić information content (AvgIpc) is 2.92. The highest BCUT2D eigenvalue weighted by molar-refractivity contribution is 5.74. The number of imidazole rings is 1. The fourth-order valence-corrected chi connectivity index (χ4v) is 2.39. The number of para-hydroxylation sites is 2. The van der Waals surface area contributed by atoms with Crippen molar-refractivity contribution < 1.29 is 5.11 Å². The van der Waals surface area contributed by atoms with Gasteiger partial charge in [0.2, 0.25) is 0 Å². The summed E-state index contributed by atoms with van der Waals surface area (Å²) in [4.78, 5) is 7.91. The van der Waals surface area contributed by atoms with Crippen LogP contribution in [0.15, 0.2) is 42.5 Å². The summed E-state index contributed by atoms with van der Waals surface area (Å²) in [5.41, 5.74) is 4.05. The molecule has 4 heteroatoms. The molecule has 0 aliphatic heterocycles. The van der Waals surface area contributed by atoms with Gasteiger partial charge in [0.25, 0.3) is 0 Å². The van der Waals surface area contributed by atoms with E-state index in [0.29, 0.717) is 12.3 Å². The second-order valence-corrected chi connectivity index (χ2v) is 5.37. The molecule has 0 amide bonds. The number of aromatic amines is 1. The Bertz CT molecular complexity index is 731. The van der Waals surface area contributed by atoms with E-state index in [4.69, 9.17) is 0 Å². The first-order chi connectivity index (χ1) is 10.1. The molecule has 0 aliphatic rings. The number of nitrogens with one attached hydrogen (secondary N) is 2. The van der Waals surface area contributed by atoms with Crippen molar-refractivity contribution in [1.82, 2.24) is 15.3 Å². The summed E-state index contributed by atoms with van der Waals surface area (Å²) in [6.07, 6.45) is 0. The SMILES string of the molecule is Cc1ccc(O)c(CNC(C)c2nc3ccccc3[nH]2)c1. The van der Waals surface area contributed by atoms with E-state index in [9.17, 15) is 5.11 Å². The topological polar surface area (TPSA) is 60.9 Å². The Morgan fingerprint density at radius 3 is 2.86 bits per heavy atom. The quantitative estimate of drug-likeness (QED) is 0.686. The van der Waals surface area contributed by atoms with E-state index in [1.807, 2.05) is 43.3 Å². The average molecular weight is 281 g/mol. The van der Waals surface area contributed by atoms with Gasteiger partial charge in [0.15, 0.2) is 0 Å². The van der Waals surface area contributed by atoms with Crippen molar-refractivity contribution in [2.75, 3.05) is 0 Å². The molecule has 0 fully saturated rings. The van der Waals surface area contributed by atoms with E-state index < -0.39 is 0 Å². The Morgan fingerprint density at radius 2 is 2.05 bits per heavy atom. The van der Waals surface area contributed by atoms with Crippen LogP contribution in [-0.2, 0) is 6.54 Å². The first-order valence-corrected chi connectivity index (χ1v) is 7.10. The normalized spacial score (nSPS) is 12.7. The van der Waals surface area contributed by atoms with E-state index >= 15 is 0 Å². The van der Waals surface area contributed by atoms with E-state index in [2.05, 4.69) is 22.2 Å². The van der Waals surface area contributed by atoms with E-state index in [1.54, 1.807) is 6.07 Å². The van der Waals surface area contributed by atoms with Crippen LogP contribution in [0.1, 0.15) is 29.9 Å². The summed E-state index contributed by atoms with van der Waals surface area (Å²) < 4.78 is 0. The maximum absolute atomic E-state index is 9.87. The highest BCUT2D eigenvalue weighted by Gasteiger charge is 2.11. The van der Waals surface area contributed by atoms with Crippen molar-refractivity contribution in [2.45, 2.75) is 26.4 Å². The van der Waals surface area contributed by atoms with Crippen LogP contribution < -0.4 is 5.32 Å². The van der Waals surface area contributed by atoms with Crippen molar-refractivity contribution in [3.63, 3.8) is 0 Å². The van der Waals surface area contributed by atoms with Gasteiger partial charge in [-0.1, -0.05) is 29.8 Å².